The lowest BCUT2D eigenvalue weighted by Gasteiger charge is -1.94. The van der Waals surface area contributed by atoms with Gasteiger partial charge >= 0.3 is 0 Å². The summed E-state index contributed by atoms with van der Waals surface area (Å²) in [6.45, 7) is 0. The third-order valence-corrected chi connectivity index (χ3v) is 4.09. The number of rotatable bonds is 2. The van der Waals surface area contributed by atoms with Crippen LogP contribution >= 0.6 is 0 Å². The average molecular weight is 198 g/mol. The van der Waals surface area contributed by atoms with E-state index in [0.717, 1.165) is 5.94 Å². The fourth-order valence-corrected chi connectivity index (χ4v) is 2.93. The zero-order chi connectivity index (χ0) is 9.28. The van der Waals surface area contributed by atoms with Crippen LogP contribution in [0.25, 0.3) is 0 Å². The Labute approximate surface area is 64.6 Å². The predicted octanol–water partition coefficient (Wildman–Crippen LogP) is -1.25. The highest BCUT2D eigenvalue weighted by Gasteiger charge is 2.23. The Balaban J connectivity index is 5.65. The van der Waals surface area contributed by atoms with Crippen LogP contribution in [0.2, 0.25) is 0 Å². The van der Waals surface area contributed by atoms with Crippen LogP contribution in [0.1, 0.15) is 0 Å². The maximum Gasteiger partial charge on any atom is 0.241 e. The fraction of sp³-hybridized carbons (Fsp3) is 0.500. The maximum atomic E-state index is 10.5. The van der Waals surface area contributed by atoms with Crippen LogP contribution in [-0.4, -0.2) is 35.3 Å². The largest absolute Gasteiger partial charge is 0.241 e. The molecule has 0 N–H and O–H groups in total. The van der Waals surface area contributed by atoms with Gasteiger partial charge in [0.2, 0.25) is 4.24 Å². The first kappa shape index (κ1) is 10.3. The SMILES string of the molecule is CS(=O)(=O)C(=C=O)S(C)(=O)=O. The monoisotopic (exact) mass is 198 g/mol. The van der Waals surface area contributed by atoms with E-state index in [9.17, 15) is 21.6 Å². The van der Waals surface area contributed by atoms with Gasteiger partial charge in [0.25, 0.3) is 0 Å². The lowest BCUT2D eigenvalue weighted by Crippen LogP contribution is -2.11. The molecule has 0 heterocycles. The summed E-state index contributed by atoms with van der Waals surface area (Å²) in [5.41, 5.74) is 0. The summed E-state index contributed by atoms with van der Waals surface area (Å²) in [5, 5.41) is 0. The van der Waals surface area contributed by atoms with Crippen LogP contribution in [0.3, 0.4) is 0 Å². The molecule has 64 valence electrons. The van der Waals surface area contributed by atoms with E-state index < -0.39 is 23.9 Å². The van der Waals surface area contributed by atoms with Crippen LogP contribution in [0, 0.1) is 0 Å². The van der Waals surface area contributed by atoms with E-state index in [0.29, 0.717) is 12.5 Å². The Morgan fingerprint density at radius 2 is 1.27 bits per heavy atom. The molecule has 0 aromatic heterocycles. The van der Waals surface area contributed by atoms with Crippen molar-refractivity contribution in [2.75, 3.05) is 12.5 Å². The molecule has 0 rings (SSSR count). The van der Waals surface area contributed by atoms with Crippen LogP contribution in [0.4, 0.5) is 0 Å². The van der Waals surface area contributed by atoms with Crippen molar-refractivity contribution in [3.05, 3.63) is 4.24 Å². The smallest absolute Gasteiger partial charge is 0.231 e. The lowest BCUT2D eigenvalue weighted by molar-refractivity contribution is 0.567. The molecular formula is C4H6O5S2. The highest BCUT2D eigenvalue weighted by atomic mass is 32.3. The fourth-order valence-electron chi connectivity index (χ4n) is 0.426. The van der Waals surface area contributed by atoms with Gasteiger partial charge in [0.05, 0.1) is 0 Å². The minimum absolute atomic E-state index is 0.633. The van der Waals surface area contributed by atoms with E-state index >= 15 is 0 Å². The topological polar surface area (TPSA) is 85.3 Å². The molecule has 0 aromatic carbocycles. The quantitative estimate of drug-likeness (QED) is 0.517. The van der Waals surface area contributed by atoms with E-state index in [-0.39, 0.29) is 0 Å². The van der Waals surface area contributed by atoms with Crippen molar-refractivity contribution < 1.29 is 21.6 Å². The molecule has 0 aromatic rings. The first-order valence-electron chi connectivity index (χ1n) is 2.35. The first-order valence-corrected chi connectivity index (χ1v) is 6.13. The molecule has 7 heteroatoms. The molecule has 0 bridgehead atoms. The number of hydrogen-bond acceptors (Lipinski definition) is 5. The van der Waals surface area contributed by atoms with Gasteiger partial charge < -0.3 is 0 Å². The zero-order valence-corrected chi connectivity index (χ0v) is 7.49. The van der Waals surface area contributed by atoms with E-state index in [1.807, 2.05) is 0 Å². The van der Waals surface area contributed by atoms with E-state index in [2.05, 4.69) is 0 Å². The summed E-state index contributed by atoms with van der Waals surface area (Å²) in [5.74, 6) is 0.873. The van der Waals surface area contributed by atoms with Crippen molar-refractivity contribution in [2.24, 2.45) is 0 Å². The summed E-state index contributed by atoms with van der Waals surface area (Å²) >= 11 is 0. The second kappa shape index (κ2) is 2.77. The molecule has 0 spiro atoms. The molecule has 0 unspecified atom stereocenters. The summed E-state index contributed by atoms with van der Waals surface area (Å²) in [6.07, 6.45) is 1.27. The molecule has 0 saturated heterocycles. The molecule has 0 saturated carbocycles. The van der Waals surface area contributed by atoms with Crippen molar-refractivity contribution in [2.45, 2.75) is 0 Å². The van der Waals surface area contributed by atoms with Gasteiger partial charge in [0.1, 0.15) is 0 Å². The van der Waals surface area contributed by atoms with Gasteiger partial charge in [-0.05, 0) is 0 Å². The second-order valence-corrected chi connectivity index (χ2v) is 6.10. The molecular weight excluding hydrogens is 192 g/mol. The van der Waals surface area contributed by atoms with Crippen molar-refractivity contribution in [1.29, 1.82) is 0 Å². The molecule has 0 atom stereocenters. The van der Waals surface area contributed by atoms with Gasteiger partial charge in [-0.25, -0.2) is 21.6 Å². The van der Waals surface area contributed by atoms with Crippen LogP contribution in [-0.2, 0) is 24.5 Å². The first-order chi connectivity index (χ1) is 4.69. The number of hydrogen-bond donors (Lipinski definition) is 0. The highest BCUT2D eigenvalue weighted by Crippen LogP contribution is 2.06. The normalized spacial score (nSPS) is 12.2. The number of carbonyl (C=O) groups excluding carboxylic acids is 1. The molecule has 0 aliphatic heterocycles. The van der Waals surface area contributed by atoms with Gasteiger partial charge in [-0.3, -0.25) is 0 Å². The molecule has 5 nitrogen and oxygen atoms in total. The van der Waals surface area contributed by atoms with Crippen molar-refractivity contribution in [3.63, 3.8) is 0 Å². The Bertz CT molecular complexity index is 358. The standard InChI is InChI=1S/C4H6O5S2/c1-10(6,7)4(3-5)11(2,8)9/h1-2H3. The minimum atomic E-state index is -3.97. The Morgan fingerprint density at radius 1 is 1.00 bits per heavy atom. The average Bonchev–Trinajstić information content (AvgIpc) is 1.56. The van der Waals surface area contributed by atoms with Crippen molar-refractivity contribution in [3.8, 4) is 0 Å². The molecule has 0 amide bonds. The molecule has 0 aliphatic rings. The summed E-state index contributed by atoms with van der Waals surface area (Å²) in [6, 6.07) is 0. The molecule has 0 radical (unpaired) electrons. The van der Waals surface area contributed by atoms with Crippen LogP contribution in [0.5, 0.6) is 0 Å². The van der Waals surface area contributed by atoms with E-state index in [4.69, 9.17) is 0 Å². The second-order valence-electron chi connectivity index (χ2n) is 1.93. The Morgan fingerprint density at radius 3 is 1.27 bits per heavy atom. The minimum Gasteiger partial charge on any atom is -0.231 e. The van der Waals surface area contributed by atoms with Crippen molar-refractivity contribution in [1.82, 2.24) is 0 Å². The van der Waals surface area contributed by atoms with E-state index in [1.54, 1.807) is 0 Å². The summed E-state index contributed by atoms with van der Waals surface area (Å²) in [4.78, 5) is 9.88. The third-order valence-electron chi connectivity index (χ3n) is 0.757. The van der Waals surface area contributed by atoms with Gasteiger partial charge in [-0.2, -0.15) is 0 Å². The maximum absolute atomic E-state index is 10.5. The van der Waals surface area contributed by atoms with Crippen LogP contribution in [0.15, 0.2) is 4.24 Å². The van der Waals surface area contributed by atoms with Gasteiger partial charge in [0, 0.05) is 12.5 Å². The Hall–Kier alpha value is -0.650. The van der Waals surface area contributed by atoms with Crippen molar-refractivity contribution >= 4 is 25.6 Å². The summed E-state index contributed by atoms with van der Waals surface area (Å²) < 4.78 is 40.9. The Kier molecular flexibility index (Phi) is 2.60. The highest BCUT2D eigenvalue weighted by molar-refractivity contribution is 8.14. The van der Waals surface area contributed by atoms with Crippen LogP contribution < -0.4 is 0 Å². The lowest BCUT2D eigenvalue weighted by atomic mass is 11.2. The zero-order valence-electron chi connectivity index (χ0n) is 5.86. The third kappa shape index (κ3) is 2.83. The van der Waals surface area contributed by atoms with Gasteiger partial charge in [-0.1, -0.05) is 0 Å². The van der Waals surface area contributed by atoms with Gasteiger partial charge in [-0.15, -0.1) is 0 Å². The number of sulfone groups is 2. The molecule has 0 aliphatic carbocycles. The molecule has 11 heavy (non-hydrogen) atoms. The van der Waals surface area contributed by atoms with E-state index in [1.165, 1.54) is 0 Å². The predicted molar refractivity (Wildman–Crippen MR) is 38.9 cm³/mol. The summed E-state index contributed by atoms with van der Waals surface area (Å²) in [7, 11) is -7.94. The molecule has 0 fully saturated rings. The van der Waals surface area contributed by atoms with Gasteiger partial charge in [0.15, 0.2) is 25.6 Å².